The third kappa shape index (κ3) is 3.75. The summed E-state index contributed by atoms with van der Waals surface area (Å²) in [5.74, 6) is 0.180. The molecule has 33 heavy (non-hydrogen) atoms. The minimum Gasteiger partial charge on any atom is -0.506 e. The molecule has 2 N–H and O–H groups in total. The normalized spacial score (nSPS) is 17.9. The molecule has 0 saturated carbocycles. The van der Waals surface area contributed by atoms with Gasteiger partial charge in [-0.1, -0.05) is 29.8 Å². The zero-order valence-electron chi connectivity index (χ0n) is 18.2. The summed E-state index contributed by atoms with van der Waals surface area (Å²) >= 11 is 11.9. The molecule has 166 valence electrons. The van der Waals surface area contributed by atoms with Crippen molar-refractivity contribution in [1.82, 2.24) is 14.9 Å². The molecular formula is C26H23ClN4OS. The quantitative estimate of drug-likeness (QED) is 0.354. The van der Waals surface area contributed by atoms with Gasteiger partial charge < -0.3 is 19.9 Å². The molecule has 7 heteroatoms. The fraction of sp³-hybridized carbons (Fsp3) is 0.154. The zero-order valence-corrected chi connectivity index (χ0v) is 19.8. The van der Waals surface area contributed by atoms with Crippen LogP contribution in [0.25, 0.3) is 5.69 Å². The van der Waals surface area contributed by atoms with Gasteiger partial charge in [0.25, 0.3) is 0 Å². The van der Waals surface area contributed by atoms with Crippen molar-refractivity contribution in [3.8, 4) is 11.4 Å². The summed E-state index contributed by atoms with van der Waals surface area (Å²) in [6, 6.07) is 22.8. The number of rotatable bonds is 4. The number of benzene rings is 2. The Hall–Kier alpha value is -3.35. The molecule has 4 aromatic rings. The first kappa shape index (κ1) is 21.5. The highest BCUT2D eigenvalue weighted by atomic mass is 35.5. The van der Waals surface area contributed by atoms with Crippen LogP contribution in [0.5, 0.6) is 5.75 Å². The minimum absolute atomic E-state index is 0.180. The van der Waals surface area contributed by atoms with Gasteiger partial charge in [-0.25, -0.2) is 0 Å². The van der Waals surface area contributed by atoms with Crippen molar-refractivity contribution in [3.05, 3.63) is 107 Å². The number of halogens is 1. The van der Waals surface area contributed by atoms with Gasteiger partial charge in [-0.05, 0) is 86.2 Å². The number of pyridine rings is 1. The lowest BCUT2D eigenvalue weighted by atomic mass is 9.96. The van der Waals surface area contributed by atoms with E-state index in [1.54, 1.807) is 12.3 Å². The second-order valence-electron chi connectivity index (χ2n) is 8.12. The van der Waals surface area contributed by atoms with Crippen LogP contribution in [0.2, 0.25) is 5.02 Å². The Morgan fingerprint density at radius 2 is 1.73 bits per heavy atom. The number of nitrogens with one attached hydrogen (secondary N) is 1. The van der Waals surface area contributed by atoms with E-state index in [1.807, 2.05) is 65.6 Å². The predicted molar refractivity (Wildman–Crippen MR) is 136 cm³/mol. The molecule has 2 aromatic heterocycles. The van der Waals surface area contributed by atoms with E-state index in [9.17, 15) is 5.11 Å². The third-order valence-corrected chi connectivity index (χ3v) is 6.68. The first-order chi connectivity index (χ1) is 16.0. The molecule has 1 aliphatic heterocycles. The third-order valence-electron chi connectivity index (χ3n) is 6.11. The van der Waals surface area contributed by atoms with Gasteiger partial charge in [-0.3, -0.25) is 4.98 Å². The summed E-state index contributed by atoms with van der Waals surface area (Å²) in [6.07, 6.45) is 1.79. The molecule has 0 unspecified atom stereocenters. The Kier molecular flexibility index (Phi) is 5.56. The molecule has 0 aliphatic carbocycles. The topological polar surface area (TPSA) is 53.3 Å². The summed E-state index contributed by atoms with van der Waals surface area (Å²) < 4.78 is 2.21. The van der Waals surface area contributed by atoms with Gasteiger partial charge >= 0.3 is 0 Å². The van der Waals surface area contributed by atoms with Gasteiger partial charge in [-0.15, -0.1) is 0 Å². The van der Waals surface area contributed by atoms with Crippen LogP contribution >= 0.6 is 23.8 Å². The maximum atomic E-state index is 10.7. The molecule has 0 spiro atoms. The summed E-state index contributed by atoms with van der Waals surface area (Å²) in [5, 5.41) is 15.4. The van der Waals surface area contributed by atoms with Crippen LogP contribution < -0.4 is 10.2 Å². The molecule has 5 rings (SSSR count). The van der Waals surface area contributed by atoms with Crippen LogP contribution in [0, 0.1) is 13.8 Å². The van der Waals surface area contributed by atoms with E-state index in [2.05, 4.69) is 34.8 Å². The number of thiocarbonyl (C=S) groups is 1. The van der Waals surface area contributed by atoms with Crippen LogP contribution in [-0.2, 0) is 0 Å². The van der Waals surface area contributed by atoms with Crippen molar-refractivity contribution >= 4 is 34.6 Å². The second-order valence-corrected chi connectivity index (χ2v) is 8.95. The van der Waals surface area contributed by atoms with Crippen molar-refractivity contribution < 1.29 is 5.11 Å². The molecule has 0 amide bonds. The summed E-state index contributed by atoms with van der Waals surface area (Å²) in [4.78, 5) is 6.61. The highest BCUT2D eigenvalue weighted by Gasteiger charge is 2.43. The molecule has 3 heterocycles. The Balaban J connectivity index is 1.69. The molecule has 1 saturated heterocycles. The SMILES string of the molecule is Cc1cc([C@H]2[C@@H](c3ccccn3)NC(=S)N2c2ccccc2O)c(C)n1-c1ccc(Cl)cc1. The first-order valence-corrected chi connectivity index (χ1v) is 11.5. The number of anilines is 1. The number of hydrogen-bond donors (Lipinski definition) is 2. The zero-order chi connectivity index (χ0) is 23.1. The number of aryl methyl sites for hydroxylation is 1. The van der Waals surface area contributed by atoms with E-state index in [0.29, 0.717) is 15.8 Å². The van der Waals surface area contributed by atoms with Crippen molar-refractivity contribution in [3.63, 3.8) is 0 Å². The lowest BCUT2D eigenvalue weighted by molar-refractivity contribution is 0.472. The van der Waals surface area contributed by atoms with E-state index >= 15 is 0 Å². The van der Waals surface area contributed by atoms with E-state index in [4.69, 9.17) is 23.8 Å². The molecule has 0 bridgehead atoms. The van der Waals surface area contributed by atoms with Crippen molar-refractivity contribution in [1.29, 1.82) is 0 Å². The summed E-state index contributed by atoms with van der Waals surface area (Å²) in [7, 11) is 0. The number of aromatic hydroxyl groups is 1. The van der Waals surface area contributed by atoms with Gasteiger partial charge in [0, 0.05) is 28.3 Å². The highest BCUT2D eigenvalue weighted by Crippen LogP contribution is 2.45. The van der Waals surface area contributed by atoms with Crippen LogP contribution in [0.3, 0.4) is 0 Å². The maximum absolute atomic E-state index is 10.7. The standard InChI is InChI=1S/C26H23ClN4OS/c1-16-15-20(17(2)30(16)19-12-10-18(27)11-13-19)25-24(21-7-5-6-14-28-21)29-26(33)31(25)22-8-3-4-9-23(22)32/h3-15,24-25,32H,1-2H3,(H,29,33)/t24-,25+/m1/s1. The smallest absolute Gasteiger partial charge is 0.174 e. The summed E-state index contributed by atoms with van der Waals surface area (Å²) in [5.41, 5.74) is 5.88. The largest absolute Gasteiger partial charge is 0.506 e. The van der Waals surface area contributed by atoms with E-state index in [1.165, 1.54) is 0 Å². The van der Waals surface area contributed by atoms with Crippen molar-refractivity contribution in [2.24, 2.45) is 0 Å². The van der Waals surface area contributed by atoms with Gasteiger partial charge in [0.2, 0.25) is 0 Å². The molecular weight excluding hydrogens is 452 g/mol. The van der Waals surface area contributed by atoms with E-state index < -0.39 is 0 Å². The number of hydrogen-bond acceptors (Lipinski definition) is 3. The number of phenolic OH excluding ortho intramolecular Hbond substituents is 1. The van der Waals surface area contributed by atoms with Crippen LogP contribution in [-0.4, -0.2) is 19.8 Å². The average molecular weight is 475 g/mol. The molecule has 1 aliphatic rings. The number of phenols is 1. The number of nitrogens with zero attached hydrogens (tertiary/aromatic N) is 3. The van der Waals surface area contributed by atoms with Gasteiger partial charge in [0.15, 0.2) is 5.11 Å². The number of para-hydroxylation sites is 2. The number of aromatic nitrogens is 2. The predicted octanol–water partition coefficient (Wildman–Crippen LogP) is 6.03. The Morgan fingerprint density at radius 3 is 2.42 bits per heavy atom. The Bertz CT molecular complexity index is 1320. The van der Waals surface area contributed by atoms with E-state index in [-0.39, 0.29) is 17.8 Å². The lowest BCUT2D eigenvalue weighted by Crippen LogP contribution is -2.29. The van der Waals surface area contributed by atoms with Gasteiger partial charge in [-0.2, -0.15) is 0 Å². The maximum Gasteiger partial charge on any atom is 0.174 e. The second kappa shape index (κ2) is 8.54. The Morgan fingerprint density at radius 1 is 1.00 bits per heavy atom. The Labute approximate surface area is 203 Å². The van der Waals surface area contributed by atoms with Crippen LogP contribution in [0.4, 0.5) is 5.69 Å². The van der Waals surface area contributed by atoms with Gasteiger partial charge in [0.1, 0.15) is 5.75 Å². The average Bonchev–Trinajstić information content (AvgIpc) is 3.31. The fourth-order valence-corrected chi connectivity index (χ4v) is 5.14. The molecule has 0 radical (unpaired) electrons. The van der Waals surface area contributed by atoms with Crippen molar-refractivity contribution in [2.45, 2.75) is 25.9 Å². The molecule has 5 nitrogen and oxygen atoms in total. The van der Waals surface area contributed by atoms with Gasteiger partial charge in [0.05, 0.1) is 23.5 Å². The fourth-order valence-electron chi connectivity index (χ4n) is 4.67. The molecule has 2 atom stereocenters. The molecule has 1 fully saturated rings. The summed E-state index contributed by atoms with van der Waals surface area (Å²) in [6.45, 7) is 4.20. The van der Waals surface area contributed by atoms with Crippen molar-refractivity contribution in [2.75, 3.05) is 4.90 Å². The van der Waals surface area contributed by atoms with Crippen LogP contribution in [0.15, 0.2) is 79.0 Å². The van der Waals surface area contributed by atoms with Crippen LogP contribution in [0.1, 0.15) is 34.7 Å². The van der Waals surface area contributed by atoms with E-state index in [0.717, 1.165) is 28.3 Å². The minimum atomic E-state index is -0.201. The molecule has 2 aromatic carbocycles. The monoisotopic (exact) mass is 474 g/mol. The lowest BCUT2D eigenvalue weighted by Gasteiger charge is -2.28. The first-order valence-electron chi connectivity index (χ1n) is 10.7. The highest BCUT2D eigenvalue weighted by molar-refractivity contribution is 7.80.